The molecule has 1 aliphatic heterocycles. The fourth-order valence-corrected chi connectivity index (χ4v) is 4.15. The highest BCUT2D eigenvalue weighted by atomic mass is 32.2. The molecule has 0 saturated carbocycles. The molecule has 106 valence electrons. The normalized spacial score (nSPS) is 26.1. The van der Waals surface area contributed by atoms with Gasteiger partial charge in [-0.15, -0.1) is 0 Å². The van der Waals surface area contributed by atoms with E-state index in [4.69, 9.17) is 0 Å². The molecule has 0 spiro atoms. The van der Waals surface area contributed by atoms with Crippen LogP contribution in [0.5, 0.6) is 0 Å². The van der Waals surface area contributed by atoms with Crippen LogP contribution in [0.2, 0.25) is 0 Å². The number of carbonyl (C=O) groups is 1. The lowest BCUT2D eigenvalue weighted by atomic mass is 10.0. The molecule has 1 rings (SSSR count). The van der Waals surface area contributed by atoms with E-state index in [1.54, 1.807) is 14.0 Å². The summed E-state index contributed by atoms with van der Waals surface area (Å²) >= 11 is 0. The summed E-state index contributed by atoms with van der Waals surface area (Å²) in [5, 5.41) is 12.2. The summed E-state index contributed by atoms with van der Waals surface area (Å²) in [5.41, 5.74) is -1.05. The van der Waals surface area contributed by atoms with E-state index in [0.29, 0.717) is 13.0 Å². The van der Waals surface area contributed by atoms with Crippen LogP contribution >= 0.6 is 0 Å². The van der Waals surface area contributed by atoms with Gasteiger partial charge >= 0.3 is 5.97 Å². The maximum Gasteiger partial charge on any atom is 0.324 e. The number of hydrogen-bond acceptors (Lipinski definition) is 5. The Kier molecular flexibility index (Phi) is 4.74. The molecule has 1 heterocycles. The molecule has 2 unspecified atom stereocenters. The van der Waals surface area contributed by atoms with Crippen LogP contribution in [0, 0.1) is 0 Å². The first-order valence-electron chi connectivity index (χ1n) is 6.09. The second kappa shape index (κ2) is 5.54. The van der Waals surface area contributed by atoms with Crippen LogP contribution in [0.25, 0.3) is 0 Å². The predicted octanol–water partition coefficient (Wildman–Crippen LogP) is -0.442. The first-order chi connectivity index (χ1) is 8.20. The monoisotopic (exact) mass is 278 g/mol. The maximum absolute atomic E-state index is 11.4. The molecular formula is C11H22N2O4S. The summed E-state index contributed by atoms with van der Waals surface area (Å²) in [6.07, 6.45) is 0.584. The average molecular weight is 278 g/mol. The fraction of sp³-hybridized carbons (Fsp3) is 0.909. The molecule has 1 aliphatic rings. The van der Waals surface area contributed by atoms with Gasteiger partial charge in [0.25, 0.3) is 0 Å². The zero-order valence-corrected chi connectivity index (χ0v) is 12.0. The Bertz CT molecular complexity index is 409. The van der Waals surface area contributed by atoms with E-state index in [0.717, 1.165) is 0 Å². The highest BCUT2D eigenvalue weighted by molar-refractivity contribution is 7.91. The van der Waals surface area contributed by atoms with Crippen LogP contribution in [0.1, 0.15) is 20.3 Å². The molecule has 0 amide bonds. The van der Waals surface area contributed by atoms with Crippen LogP contribution in [-0.2, 0) is 14.6 Å². The Hall–Kier alpha value is -0.660. The Morgan fingerprint density at radius 2 is 2.17 bits per heavy atom. The van der Waals surface area contributed by atoms with Gasteiger partial charge in [0.1, 0.15) is 5.54 Å². The Morgan fingerprint density at radius 1 is 1.56 bits per heavy atom. The fourth-order valence-electron chi connectivity index (χ4n) is 2.34. The number of nitrogens with zero attached hydrogens (tertiary/aromatic N) is 1. The Morgan fingerprint density at radius 3 is 2.56 bits per heavy atom. The third-order valence-corrected chi connectivity index (χ3v) is 5.19. The molecule has 6 nitrogen and oxygen atoms in total. The van der Waals surface area contributed by atoms with Gasteiger partial charge in [-0.1, -0.05) is 6.92 Å². The second-order valence-corrected chi connectivity index (χ2v) is 7.37. The van der Waals surface area contributed by atoms with Gasteiger partial charge in [-0.2, -0.15) is 0 Å². The molecule has 2 N–H and O–H groups in total. The standard InChI is InChI=1S/C11H22N2O4S/c1-4-12-11(2,10(14)15)8-13(3)9-5-6-18(16,17)7-9/h9,12H,4-8H2,1-3H3,(H,14,15). The van der Waals surface area contributed by atoms with Gasteiger partial charge in [0, 0.05) is 12.6 Å². The quantitative estimate of drug-likeness (QED) is 0.685. The number of aliphatic carboxylic acids is 1. The lowest BCUT2D eigenvalue weighted by Crippen LogP contribution is -2.57. The van der Waals surface area contributed by atoms with Crippen molar-refractivity contribution >= 4 is 15.8 Å². The molecule has 18 heavy (non-hydrogen) atoms. The van der Waals surface area contributed by atoms with Crippen LogP contribution in [0.3, 0.4) is 0 Å². The zero-order valence-electron chi connectivity index (χ0n) is 11.1. The highest BCUT2D eigenvalue weighted by Crippen LogP contribution is 2.18. The van der Waals surface area contributed by atoms with Crippen molar-refractivity contribution in [3.05, 3.63) is 0 Å². The lowest BCUT2D eigenvalue weighted by molar-refractivity contribution is -0.145. The molecule has 0 bridgehead atoms. The summed E-state index contributed by atoms with van der Waals surface area (Å²) in [6, 6.07) is -0.0765. The number of carboxylic acid groups (broad SMARTS) is 1. The summed E-state index contributed by atoms with van der Waals surface area (Å²) in [7, 11) is -1.16. The van der Waals surface area contributed by atoms with Crippen molar-refractivity contribution in [2.24, 2.45) is 0 Å². The van der Waals surface area contributed by atoms with E-state index in [2.05, 4.69) is 5.32 Å². The van der Waals surface area contributed by atoms with Crippen molar-refractivity contribution in [1.29, 1.82) is 0 Å². The molecule has 7 heteroatoms. The van der Waals surface area contributed by atoms with E-state index >= 15 is 0 Å². The highest BCUT2D eigenvalue weighted by Gasteiger charge is 2.38. The molecule has 0 aromatic rings. The molecule has 1 fully saturated rings. The topological polar surface area (TPSA) is 86.7 Å². The van der Waals surface area contributed by atoms with Gasteiger partial charge in [0.2, 0.25) is 0 Å². The van der Waals surface area contributed by atoms with Crippen molar-refractivity contribution in [1.82, 2.24) is 10.2 Å². The van der Waals surface area contributed by atoms with E-state index in [1.165, 1.54) is 0 Å². The minimum Gasteiger partial charge on any atom is -0.480 e. The molecule has 0 aromatic carbocycles. The lowest BCUT2D eigenvalue weighted by Gasteiger charge is -2.33. The Balaban J connectivity index is 2.68. The van der Waals surface area contributed by atoms with Gasteiger partial charge in [-0.05, 0) is 26.9 Å². The van der Waals surface area contributed by atoms with Gasteiger partial charge in [-0.25, -0.2) is 8.42 Å². The summed E-state index contributed by atoms with van der Waals surface area (Å²) < 4.78 is 22.8. The van der Waals surface area contributed by atoms with E-state index in [-0.39, 0.29) is 24.1 Å². The van der Waals surface area contributed by atoms with Crippen molar-refractivity contribution in [2.75, 3.05) is 31.6 Å². The average Bonchev–Trinajstić information content (AvgIpc) is 2.59. The van der Waals surface area contributed by atoms with Gasteiger partial charge < -0.3 is 10.4 Å². The molecule has 0 aliphatic carbocycles. The van der Waals surface area contributed by atoms with Crippen LogP contribution in [0.4, 0.5) is 0 Å². The number of hydrogen-bond donors (Lipinski definition) is 2. The summed E-state index contributed by atoms with van der Waals surface area (Å²) in [5.74, 6) is -0.588. The van der Waals surface area contributed by atoms with Crippen LogP contribution < -0.4 is 5.32 Å². The molecule has 2 atom stereocenters. The van der Waals surface area contributed by atoms with E-state index in [9.17, 15) is 18.3 Å². The van der Waals surface area contributed by atoms with Crippen molar-refractivity contribution in [3.63, 3.8) is 0 Å². The first kappa shape index (κ1) is 15.4. The van der Waals surface area contributed by atoms with Crippen molar-refractivity contribution < 1.29 is 18.3 Å². The molecule has 0 radical (unpaired) electrons. The number of nitrogens with one attached hydrogen (secondary N) is 1. The minimum absolute atomic E-state index is 0.0765. The van der Waals surface area contributed by atoms with Crippen LogP contribution in [0.15, 0.2) is 0 Å². The zero-order chi connectivity index (χ0) is 14.0. The van der Waals surface area contributed by atoms with E-state index < -0.39 is 21.3 Å². The SMILES string of the molecule is CCNC(C)(CN(C)C1CCS(=O)(=O)C1)C(=O)O. The van der Waals surface area contributed by atoms with Crippen molar-refractivity contribution in [3.8, 4) is 0 Å². The number of sulfone groups is 1. The van der Waals surface area contributed by atoms with Gasteiger partial charge in [-0.3, -0.25) is 9.69 Å². The van der Waals surface area contributed by atoms with Gasteiger partial charge in [0.15, 0.2) is 9.84 Å². The largest absolute Gasteiger partial charge is 0.480 e. The second-order valence-electron chi connectivity index (χ2n) is 5.14. The number of carboxylic acids is 1. The maximum atomic E-state index is 11.4. The predicted molar refractivity (Wildman–Crippen MR) is 69.4 cm³/mol. The van der Waals surface area contributed by atoms with Crippen molar-refractivity contribution in [2.45, 2.75) is 31.8 Å². The summed E-state index contributed by atoms with van der Waals surface area (Å²) in [6.45, 7) is 4.32. The third-order valence-electron chi connectivity index (χ3n) is 3.44. The smallest absolute Gasteiger partial charge is 0.324 e. The molecule has 1 saturated heterocycles. The Labute approximate surface area is 108 Å². The van der Waals surface area contributed by atoms with Gasteiger partial charge in [0.05, 0.1) is 11.5 Å². The first-order valence-corrected chi connectivity index (χ1v) is 7.91. The third kappa shape index (κ3) is 3.66. The summed E-state index contributed by atoms with van der Waals surface area (Å²) in [4.78, 5) is 13.1. The number of likely N-dealkylation sites (N-methyl/N-ethyl adjacent to an activating group) is 2. The van der Waals surface area contributed by atoms with E-state index in [1.807, 2.05) is 11.8 Å². The van der Waals surface area contributed by atoms with Crippen LogP contribution in [-0.4, -0.2) is 67.6 Å². The minimum atomic E-state index is -2.94. The molecular weight excluding hydrogens is 256 g/mol. The molecule has 0 aromatic heterocycles. The number of rotatable bonds is 6.